The molecular formula is C11H13N3O3. The number of hydrogen-bond donors (Lipinski definition) is 1. The first-order chi connectivity index (χ1) is 8.19. The molecule has 1 rings (SSSR count). The molecule has 0 saturated heterocycles. The summed E-state index contributed by atoms with van der Waals surface area (Å²) >= 11 is 0. The Morgan fingerprint density at radius 2 is 2.35 bits per heavy atom. The largest absolute Gasteiger partial charge is 0.380 e. The zero-order valence-corrected chi connectivity index (χ0v) is 9.47. The number of anilines is 1. The molecule has 6 heteroatoms. The second kappa shape index (κ2) is 6.45. The van der Waals surface area contributed by atoms with Crippen LogP contribution in [-0.4, -0.2) is 24.7 Å². The van der Waals surface area contributed by atoms with Crippen LogP contribution in [0.15, 0.2) is 18.2 Å². The van der Waals surface area contributed by atoms with Gasteiger partial charge in [-0.1, -0.05) is 0 Å². The van der Waals surface area contributed by atoms with Gasteiger partial charge in [-0.05, 0) is 19.1 Å². The highest BCUT2D eigenvalue weighted by Gasteiger charge is 2.13. The molecule has 1 aromatic carbocycles. The summed E-state index contributed by atoms with van der Waals surface area (Å²) in [5, 5.41) is 22.4. The monoisotopic (exact) mass is 235 g/mol. The first kappa shape index (κ1) is 12.9. The lowest BCUT2D eigenvalue weighted by Crippen LogP contribution is -2.10. The minimum Gasteiger partial charge on any atom is -0.380 e. The van der Waals surface area contributed by atoms with Gasteiger partial charge < -0.3 is 10.1 Å². The fourth-order valence-electron chi connectivity index (χ4n) is 1.30. The fraction of sp³-hybridized carbons (Fsp3) is 0.364. The summed E-state index contributed by atoms with van der Waals surface area (Å²) in [6, 6.07) is 6.19. The number of nitro benzene ring substituents is 1. The summed E-state index contributed by atoms with van der Waals surface area (Å²) in [5.41, 5.74) is 0.571. The lowest BCUT2D eigenvalue weighted by molar-refractivity contribution is -0.384. The second-order valence-corrected chi connectivity index (χ2v) is 3.22. The molecule has 0 bridgehead atoms. The minimum absolute atomic E-state index is 0.0967. The number of nitriles is 1. The van der Waals surface area contributed by atoms with Crippen LogP contribution in [0.1, 0.15) is 12.5 Å². The first-order valence-electron chi connectivity index (χ1n) is 5.19. The van der Waals surface area contributed by atoms with Gasteiger partial charge in [0.2, 0.25) is 0 Å². The van der Waals surface area contributed by atoms with E-state index in [1.807, 2.05) is 13.0 Å². The van der Waals surface area contributed by atoms with Crippen LogP contribution in [0.2, 0.25) is 0 Å². The summed E-state index contributed by atoms with van der Waals surface area (Å²) in [6.45, 7) is 3.45. The van der Waals surface area contributed by atoms with Crippen LogP contribution < -0.4 is 5.32 Å². The highest BCUT2D eigenvalue weighted by molar-refractivity contribution is 5.63. The van der Waals surface area contributed by atoms with Gasteiger partial charge >= 0.3 is 0 Å². The number of benzene rings is 1. The normalized spacial score (nSPS) is 9.65. The summed E-state index contributed by atoms with van der Waals surface area (Å²) < 4.78 is 5.12. The van der Waals surface area contributed by atoms with Gasteiger partial charge in [0.15, 0.2) is 0 Å². The topological polar surface area (TPSA) is 88.2 Å². The van der Waals surface area contributed by atoms with E-state index in [1.165, 1.54) is 18.2 Å². The van der Waals surface area contributed by atoms with Crippen molar-refractivity contribution in [2.75, 3.05) is 25.1 Å². The summed E-state index contributed by atoms with van der Waals surface area (Å²) in [5.74, 6) is 0. The maximum Gasteiger partial charge on any atom is 0.293 e. The van der Waals surface area contributed by atoms with Crippen LogP contribution in [0, 0.1) is 21.4 Å². The maximum atomic E-state index is 10.8. The molecule has 1 N–H and O–H groups in total. The third kappa shape index (κ3) is 3.74. The highest BCUT2D eigenvalue weighted by Crippen LogP contribution is 2.24. The molecule has 0 spiro atoms. The maximum absolute atomic E-state index is 10.8. The van der Waals surface area contributed by atoms with Crippen LogP contribution in [0.3, 0.4) is 0 Å². The molecule has 0 saturated carbocycles. The molecule has 0 fully saturated rings. The second-order valence-electron chi connectivity index (χ2n) is 3.22. The Bertz CT molecular complexity index is 440. The number of nitro groups is 1. The molecule has 0 amide bonds. The van der Waals surface area contributed by atoms with E-state index in [0.29, 0.717) is 25.4 Å². The van der Waals surface area contributed by atoms with E-state index in [4.69, 9.17) is 10.00 Å². The SMILES string of the molecule is CCOCCNc1ccc(C#N)cc1[N+](=O)[O-]. The quantitative estimate of drug-likeness (QED) is 0.462. The van der Waals surface area contributed by atoms with Gasteiger partial charge in [-0.25, -0.2) is 0 Å². The average Bonchev–Trinajstić information content (AvgIpc) is 2.34. The lowest BCUT2D eigenvalue weighted by atomic mass is 10.2. The molecule has 17 heavy (non-hydrogen) atoms. The van der Waals surface area contributed by atoms with Gasteiger partial charge in [0.25, 0.3) is 5.69 Å². The standard InChI is InChI=1S/C11H13N3O3/c1-2-17-6-5-13-10-4-3-9(8-12)7-11(10)14(15)16/h3-4,7,13H,2,5-6H2,1H3. The molecule has 0 aliphatic rings. The zero-order chi connectivity index (χ0) is 12.7. The van der Waals surface area contributed by atoms with E-state index in [0.717, 1.165) is 0 Å². The Morgan fingerprint density at radius 3 is 2.94 bits per heavy atom. The van der Waals surface area contributed by atoms with E-state index in [9.17, 15) is 10.1 Å². The third-order valence-electron chi connectivity index (χ3n) is 2.09. The average molecular weight is 235 g/mol. The van der Waals surface area contributed by atoms with Crippen molar-refractivity contribution in [1.29, 1.82) is 5.26 Å². The van der Waals surface area contributed by atoms with E-state index in [2.05, 4.69) is 5.32 Å². The number of rotatable bonds is 6. The van der Waals surface area contributed by atoms with Gasteiger partial charge in [-0.3, -0.25) is 10.1 Å². The molecular weight excluding hydrogens is 222 g/mol. The molecule has 0 radical (unpaired) electrons. The van der Waals surface area contributed by atoms with Crippen molar-refractivity contribution in [3.8, 4) is 6.07 Å². The van der Waals surface area contributed by atoms with E-state index < -0.39 is 4.92 Å². The van der Waals surface area contributed by atoms with Crippen molar-refractivity contribution in [1.82, 2.24) is 0 Å². The molecule has 0 aliphatic carbocycles. The van der Waals surface area contributed by atoms with Gasteiger partial charge in [0.05, 0.1) is 23.2 Å². The van der Waals surface area contributed by atoms with E-state index in [1.54, 1.807) is 0 Å². The van der Waals surface area contributed by atoms with E-state index in [-0.39, 0.29) is 11.3 Å². The minimum atomic E-state index is -0.510. The first-order valence-corrected chi connectivity index (χ1v) is 5.19. The molecule has 6 nitrogen and oxygen atoms in total. The van der Waals surface area contributed by atoms with Crippen LogP contribution in [0.25, 0.3) is 0 Å². The van der Waals surface area contributed by atoms with Crippen LogP contribution in [-0.2, 0) is 4.74 Å². The summed E-state index contributed by atoms with van der Waals surface area (Å²) in [7, 11) is 0. The number of nitrogens with zero attached hydrogens (tertiary/aromatic N) is 2. The van der Waals surface area contributed by atoms with Crippen LogP contribution in [0.5, 0.6) is 0 Å². The predicted octanol–water partition coefficient (Wildman–Crippen LogP) is 1.91. The van der Waals surface area contributed by atoms with Crippen molar-refractivity contribution < 1.29 is 9.66 Å². The molecule has 0 aliphatic heterocycles. The number of hydrogen-bond acceptors (Lipinski definition) is 5. The molecule has 1 aromatic rings. The van der Waals surface area contributed by atoms with Crippen molar-refractivity contribution in [3.63, 3.8) is 0 Å². The Morgan fingerprint density at radius 1 is 1.59 bits per heavy atom. The van der Waals surface area contributed by atoms with Gasteiger partial charge in [-0.2, -0.15) is 5.26 Å². The summed E-state index contributed by atoms with van der Waals surface area (Å²) in [6.07, 6.45) is 0. The Balaban J connectivity index is 2.77. The van der Waals surface area contributed by atoms with Crippen molar-refractivity contribution >= 4 is 11.4 Å². The van der Waals surface area contributed by atoms with Crippen molar-refractivity contribution in [2.24, 2.45) is 0 Å². The fourth-order valence-corrected chi connectivity index (χ4v) is 1.30. The molecule has 0 heterocycles. The van der Waals surface area contributed by atoms with Gasteiger partial charge in [0.1, 0.15) is 5.69 Å². The molecule has 0 unspecified atom stereocenters. The summed E-state index contributed by atoms with van der Waals surface area (Å²) in [4.78, 5) is 10.3. The number of ether oxygens (including phenoxy) is 1. The van der Waals surface area contributed by atoms with Crippen molar-refractivity contribution in [3.05, 3.63) is 33.9 Å². The van der Waals surface area contributed by atoms with Crippen molar-refractivity contribution in [2.45, 2.75) is 6.92 Å². The van der Waals surface area contributed by atoms with Crippen LogP contribution in [0.4, 0.5) is 11.4 Å². The predicted molar refractivity (Wildman–Crippen MR) is 62.8 cm³/mol. The number of nitrogens with one attached hydrogen (secondary N) is 1. The van der Waals surface area contributed by atoms with Gasteiger partial charge in [-0.15, -0.1) is 0 Å². The molecule has 0 aromatic heterocycles. The van der Waals surface area contributed by atoms with Gasteiger partial charge in [0, 0.05) is 19.2 Å². The Labute approximate surface area is 99.0 Å². The van der Waals surface area contributed by atoms with E-state index >= 15 is 0 Å². The lowest BCUT2D eigenvalue weighted by Gasteiger charge is -2.07. The smallest absolute Gasteiger partial charge is 0.293 e. The Hall–Kier alpha value is -2.13. The van der Waals surface area contributed by atoms with Crippen LogP contribution >= 0.6 is 0 Å². The highest BCUT2D eigenvalue weighted by atomic mass is 16.6. The third-order valence-corrected chi connectivity index (χ3v) is 2.09. The zero-order valence-electron chi connectivity index (χ0n) is 9.47. The Kier molecular flexibility index (Phi) is 4.91. The molecule has 0 atom stereocenters. The molecule has 90 valence electrons.